The summed E-state index contributed by atoms with van der Waals surface area (Å²) in [7, 11) is 3.10. The van der Waals surface area contributed by atoms with E-state index in [1.54, 1.807) is 14.2 Å². The summed E-state index contributed by atoms with van der Waals surface area (Å²) in [5.74, 6) is -0.510. The molecule has 0 spiro atoms. The summed E-state index contributed by atoms with van der Waals surface area (Å²) >= 11 is 0. The smallest absolute Gasteiger partial charge is 0.385 e. The Morgan fingerprint density at radius 3 is 2.11 bits per heavy atom. The Balaban J connectivity index is 1.68. The van der Waals surface area contributed by atoms with Crippen LogP contribution in [0.15, 0.2) is 42.5 Å². The van der Waals surface area contributed by atoms with Gasteiger partial charge >= 0.3 is 12.4 Å². The number of alkyl halides is 6. The number of nitrogens with zero attached hydrogens (tertiary/aromatic N) is 3. The van der Waals surface area contributed by atoms with E-state index >= 15 is 0 Å². The average Bonchev–Trinajstić information content (AvgIpc) is 3.47. The Kier molecular flexibility index (Phi) is 11.4. The van der Waals surface area contributed by atoms with Crippen molar-refractivity contribution in [3.63, 3.8) is 0 Å². The number of rotatable bonds is 13. The van der Waals surface area contributed by atoms with Crippen LogP contribution in [0.5, 0.6) is 0 Å². The molecule has 1 aliphatic heterocycles. The first kappa shape index (κ1) is 35.7. The maximum absolute atomic E-state index is 13.9. The third kappa shape index (κ3) is 8.60. The number of hydrogen-bond acceptors (Lipinski definition) is 8. The van der Waals surface area contributed by atoms with Crippen molar-refractivity contribution in [1.29, 1.82) is 0 Å². The molecule has 1 fully saturated rings. The highest BCUT2D eigenvalue weighted by Crippen LogP contribution is 2.40. The molecule has 3 N–H and O–H groups in total. The monoisotopic (exact) mass is 663 g/mol. The van der Waals surface area contributed by atoms with Gasteiger partial charge in [-0.1, -0.05) is 17.3 Å². The van der Waals surface area contributed by atoms with Crippen LogP contribution in [0.4, 0.5) is 30.7 Å². The maximum atomic E-state index is 13.9. The summed E-state index contributed by atoms with van der Waals surface area (Å²) in [6.45, 7) is 2.58. The van der Waals surface area contributed by atoms with Crippen LogP contribution in [0.2, 0.25) is 0 Å². The average molecular weight is 664 g/mol. The number of ether oxygens (including phenoxy) is 4. The first-order valence-corrected chi connectivity index (χ1v) is 14.4. The molecule has 1 aliphatic rings. The molecular formula is C30H36F7N5O4. The molecule has 16 heteroatoms. The van der Waals surface area contributed by atoms with Gasteiger partial charge in [0.15, 0.2) is 6.29 Å². The van der Waals surface area contributed by atoms with Crippen LogP contribution in [0.25, 0.3) is 0 Å². The van der Waals surface area contributed by atoms with Crippen molar-refractivity contribution >= 4 is 0 Å². The number of aromatic nitrogens is 3. The lowest BCUT2D eigenvalue weighted by Crippen LogP contribution is -2.47. The van der Waals surface area contributed by atoms with Gasteiger partial charge in [-0.15, -0.1) is 5.10 Å². The molecule has 4 rings (SSSR count). The number of hydrogen-bond donors (Lipinski definition) is 2. The van der Waals surface area contributed by atoms with Crippen molar-refractivity contribution in [3.8, 4) is 0 Å². The molecule has 3 aromatic rings. The summed E-state index contributed by atoms with van der Waals surface area (Å²) in [6, 6.07) is 5.99. The molecule has 2 aromatic carbocycles. The van der Waals surface area contributed by atoms with Gasteiger partial charge in [0.05, 0.1) is 41.1 Å². The van der Waals surface area contributed by atoms with E-state index in [0.29, 0.717) is 61.7 Å². The van der Waals surface area contributed by atoms with Gasteiger partial charge < -0.3 is 24.7 Å². The van der Waals surface area contributed by atoms with Gasteiger partial charge in [-0.3, -0.25) is 10.00 Å². The Morgan fingerprint density at radius 1 is 0.978 bits per heavy atom. The third-order valence-corrected chi connectivity index (χ3v) is 7.92. The highest BCUT2D eigenvalue weighted by Gasteiger charge is 2.40. The van der Waals surface area contributed by atoms with Crippen LogP contribution < -0.4 is 5.73 Å². The molecule has 3 atom stereocenters. The zero-order valence-corrected chi connectivity index (χ0v) is 25.4. The second-order valence-electron chi connectivity index (χ2n) is 11.1. The van der Waals surface area contributed by atoms with Crippen molar-refractivity contribution in [2.45, 2.75) is 62.6 Å². The summed E-state index contributed by atoms with van der Waals surface area (Å²) in [4.78, 5) is 1.90. The van der Waals surface area contributed by atoms with Crippen LogP contribution in [0.3, 0.4) is 0 Å². The van der Waals surface area contributed by atoms with E-state index in [4.69, 9.17) is 24.7 Å². The van der Waals surface area contributed by atoms with Crippen molar-refractivity contribution < 1.29 is 49.7 Å². The van der Waals surface area contributed by atoms with E-state index in [0.717, 1.165) is 0 Å². The minimum atomic E-state index is -5.02. The summed E-state index contributed by atoms with van der Waals surface area (Å²) in [6.07, 6.45) is -11.7. The lowest BCUT2D eigenvalue weighted by molar-refractivity contribution is -0.231. The maximum Gasteiger partial charge on any atom is 0.416 e. The number of nitrogens with one attached hydrogen (secondary N) is 1. The number of aromatic amines is 1. The second-order valence-corrected chi connectivity index (χ2v) is 11.1. The van der Waals surface area contributed by atoms with E-state index in [2.05, 4.69) is 15.4 Å². The molecule has 0 aliphatic carbocycles. The number of morpholine rings is 1. The molecule has 46 heavy (non-hydrogen) atoms. The fourth-order valence-electron chi connectivity index (χ4n) is 5.40. The van der Waals surface area contributed by atoms with Gasteiger partial charge in [0, 0.05) is 40.5 Å². The first-order chi connectivity index (χ1) is 21.7. The molecule has 0 amide bonds. The zero-order chi connectivity index (χ0) is 33.7. The Bertz CT molecular complexity index is 1380. The summed E-state index contributed by atoms with van der Waals surface area (Å²) < 4.78 is 118. The Morgan fingerprint density at radius 2 is 1.57 bits per heavy atom. The largest absolute Gasteiger partial charge is 0.416 e. The molecule has 254 valence electrons. The van der Waals surface area contributed by atoms with Gasteiger partial charge in [-0.2, -0.15) is 26.3 Å². The predicted octanol–water partition coefficient (Wildman–Crippen LogP) is 5.89. The summed E-state index contributed by atoms with van der Waals surface area (Å²) in [5, 5.41) is 11.1. The normalized spacial score (nSPS) is 19.0. The van der Waals surface area contributed by atoms with Crippen LogP contribution in [-0.2, 0) is 43.4 Å². The van der Waals surface area contributed by atoms with Crippen LogP contribution >= 0.6 is 0 Å². The van der Waals surface area contributed by atoms with Gasteiger partial charge in [-0.05, 0) is 61.2 Å². The fraction of sp³-hybridized carbons (Fsp3) is 0.533. The fourth-order valence-corrected chi connectivity index (χ4v) is 5.40. The minimum Gasteiger partial charge on any atom is -0.385 e. The topological polar surface area (TPSA) is 108 Å². The number of methoxy groups -OCH3 is 2. The highest BCUT2D eigenvalue weighted by molar-refractivity contribution is 5.35. The van der Waals surface area contributed by atoms with Gasteiger partial charge in [0.25, 0.3) is 0 Å². The number of benzene rings is 2. The molecule has 2 heterocycles. The van der Waals surface area contributed by atoms with E-state index in [-0.39, 0.29) is 24.8 Å². The minimum absolute atomic E-state index is 0.0582. The molecule has 9 nitrogen and oxygen atoms in total. The third-order valence-electron chi connectivity index (χ3n) is 7.92. The molecule has 1 saturated heterocycles. The van der Waals surface area contributed by atoms with Gasteiger partial charge in [-0.25, -0.2) is 4.39 Å². The second kappa shape index (κ2) is 14.7. The number of H-pyrrole nitrogens is 1. The SMILES string of the molecule is COCCC(N)(CCOC)c1[nH]nnc1CN1CCOC(O[C@H](C)c2cc(C(F)(F)F)cc(C(F)(F)F)c2)C1c1ccc(F)cc1. The van der Waals surface area contributed by atoms with Crippen LogP contribution in [0.1, 0.15) is 65.6 Å². The van der Waals surface area contributed by atoms with E-state index in [9.17, 15) is 30.7 Å². The van der Waals surface area contributed by atoms with Gasteiger partial charge in [0.2, 0.25) is 0 Å². The van der Waals surface area contributed by atoms with E-state index in [1.807, 2.05) is 4.90 Å². The van der Waals surface area contributed by atoms with Crippen molar-refractivity contribution in [2.24, 2.45) is 5.73 Å². The number of nitrogens with two attached hydrogens (primary N) is 1. The van der Waals surface area contributed by atoms with Crippen molar-refractivity contribution in [2.75, 3.05) is 40.6 Å². The zero-order valence-electron chi connectivity index (χ0n) is 25.4. The molecule has 1 aromatic heterocycles. The summed E-state index contributed by atoms with van der Waals surface area (Å²) in [5.41, 5.74) is 4.15. The lowest BCUT2D eigenvalue weighted by Gasteiger charge is -2.42. The van der Waals surface area contributed by atoms with Crippen LogP contribution in [-0.4, -0.2) is 67.2 Å². The standard InChI is InChI=1S/C30H36F7N5O4/c1-18(20-14-21(29(32,33)34)16-22(15-20)30(35,36)37)46-27-25(19-4-6-23(31)7-5-19)42(10-13-45-27)17-24-26(40-41-39-24)28(38,8-11-43-2)9-12-44-3/h4-7,14-16,18,25,27H,8-13,17,38H2,1-3H3,(H,39,40,41)/t18-,25?,27?/m1/s1. The number of halogens is 7. The van der Waals surface area contributed by atoms with E-state index in [1.165, 1.54) is 31.2 Å². The molecule has 2 unspecified atom stereocenters. The molecule has 0 radical (unpaired) electrons. The van der Waals surface area contributed by atoms with Crippen molar-refractivity contribution in [3.05, 3.63) is 81.9 Å². The van der Waals surface area contributed by atoms with Crippen LogP contribution in [0, 0.1) is 5.82 Å². The van der Waals surface area contributed by atoms with Gasteiger partial charge in [0.1, 0.15) is 11.5 Å². The highest BCUT2D eigenvalue weighted by atomic mass is 19.4. The molecule has 0 saturated carbocycles. The molecular weight excluding hydrogens is 627 g/mol. The Hall–Kier alpha value is -3.15. The quantitative estimate of drug-likeness (QED) is 0.218. The molecule has 0 bridgehead atoms. The van der Waals surface area contributed by atoms with Crippen molar-refractivity contribution in [1.82, 2.24) is 20.3 Å². The predicted molar refractivity (Wildman–Crippen MR) is 150 cm³/mol. The lowest BCUT2D eigenvalue weighted by atomic mass is 9.87. The van der Waals surface area contributed by atoms with E-state index < -0.39 is 53.3 Å². The first-order valence-electron chi connectivity index (χ1n) is 14.4. The Labute approximate surface area is 261 Å².